The van der Waals surface area contributed by atoms with Crippen molar-refractivity contribution in [3.05, 3.63) is 0 Å². The van der Waals surface area contributed by atoms with Gasteiger partial charge in [-0.15, -0.1) is 0 Å². The van der Waals surface area contributed by atoms with Gasteiger partial charge in [-0.25, -0.2) is 9.13 Å². The number of phosphoric acid groups is 2. The molecule has 5 atom stereocenters. The SMILES string of the molecule is CCCCCCCCCCCCCCCCCCC(=O)O[C@H](COC(=O)CCCCCCCCCCCCCC)COP(=O)(O)OC[C@@H](O)COP(=O)(O)OC[C@@H](COC(=O)CCCCCCCCCCCCC)OC(=O)CCCCCCCCCCC(C)C. The molecule has 0 aromatic heterocycles. The van der Waals surface area contributed by atoms with Crippen LogP contribution >= 0.6 is 15.6 Å². The number of carbonyl (C=O) groups excluding carboxylic acids is 4. The van der Waals surface area contributed by atoms with E-state index in [4.69, 9.17) is 37.0 Å². The highest BCUT2D eigenvalue weighted by Gasteiger charge is 2.30. The summed E-state index contributed by atoms with van der Waals surface area (Å²) < 4.78 is 68.3. The summed E-state index contributed by atoms with van der Waals surface area (Å²) in [7, 11) is -9.90. The molecule has 0 saturated carbocycles. The second-order valence-electron chi connectivity index (χ2n) is 26.1. The lowest BCUT2D eigenvalue weighted by Gasteiger charge is -2.21. The molecule has 0 bridgehead atoms. The molecular weight excluding hydrogens is 1190 g/mol. The summed E-state index contributed by atoms with van der Waals surface area (Å²) in [5, 5.41) is 10.6. The Hall–Kier alpha value is -1.94. The molecule has 0 fully saturated rings. The van der Waals surface area contributed by atoms with E-state index in [0.717, 1.165) is 95.8 Å². The van der Waals surface area contributed by atoms with Gasteiger partial charge >= 0.3 is 39.5 Å². The van der Waals surface area contributed by atoms with E-state index >= 15 is 0 Å². The second kappa shape index (κ2) is 64.4. The minimum absolute atomic E-state index is 0.105. The number of carbonyl (C=O) groups is 4. The Morgan fingerprint density at radius 3 is 0.756 bits per heavy atom. The third-order valence-electron chi connectivity index (χ3n) is 16.5. The normalized spacial score (nSPS) is 14.1. The standard InChI is InChI=1S/C71H138O17P2/c1-6-9-12-15-18-21-24-26-27-28-29-32-35-41-46-51-56-70(75)87-66(60-82-69(74)55-50-45-40-34-31-25-22-19-16-13-10-7-2)62-85-89(77,78)83-58-65(72)59-84-90(79,80)86-63-67(88-71(76)57-52-47-42-37-36-38-43-48-53-64(4)5)61-81-68(73)54-49-44-39-33-30-23-20-17-14-11-8-3/h64-67,72H,6-63H2,1-5H3,(H,77,78)(H,79,80)/t65-,66-,67-/m1/s1. The molecular formula is C71H138O17P2. The van der Waals surface area contributed by atoms with E-state index < -0.39 is 97.5 Å². The van der Waals surface area contributed by atoms with E-state index in [1.54, 1.807) is 0 Å². The van der Waals surface area contributed by atoms with Crippen molar-refractivity contribution in [2.24, 2.45) is 5.92 Å². The molecule has 534 valence electrons. The van der Waals surface area contributed by atoms with Crippen LogP contribution in [0, 0.1) is 5.92 Å². The van der Waals surface area contributed by atoms with E-state index in [1.165, 1.54) is 193 Å². The fraction of sp³-hybridized carbons (Fsp3) is 0.944. The first-order valence-corrected chi connectivity index (χ1v) is 40.1. The Bertz CT molecular complexity index is 1740. The number of esters is 4. The third kappa shape index (κ3) is 64.8. The fourth-order valence-electron chi connectivity index (χ4n) is 10.8. The van der Waals surface area contributed by atoms with Crippen molar-refractivity contribution in [3.63, 3.8) is 0 Å². The average molecular weight is 1330 g/mol. The minimum atomic E-state index is -4.95. The van der Waals surface area contributed by atoms with E-state index in [-0.39, 0.29) is 25.7 Å². The number of hydrogen-bond donors (Lipinski definition) is 3. The van der Waals surface area contributed by atoms with Gasteiger partial charge in [0.25, 0.3) is 0 Å². The Morgan fingerprint density at radius 1 is 0.300 bits per heavy atom. The van der Waals surface area contributed by atoms with E-state index in [1.807, 2.05) is 0 Å². The van der Waals surface area contributed by atoms with Crippen LogP contribution in [0.4, 0.5) is 0 Å². The molecule has 90 heavy (non-hydrogen) atoms. The predicted molar refractivity (Wildman–Crippen MR) is 363 cm³/mol. The number of aliphatic hydroxyl groups excluding tert-OH is 1. The summed E-state index contributed by atoms with van der Waals surface area (Å²) >= 11 is 0. The largest absolute Gasteiger partial charge is 0.472 e. The maximum atomic E-state index is 13.0. The Labute approximate surface area is 549 Å². The van der Waals surface area contributed by atoms with Gasteiger partial charge in [0.15, 0.2) is 12.2 Å². The highest BCUT2D eigenvalue weighted by molar-refractivity contribution is 7.47. The van der Waals surface area contributed by atoms with Crippen molar-refractivity contribution in [1.29, 1.82) is 0 Å². The Balaban J connectivity index is 5.24. The van der Waals surface area contributed by atoms with Crippen molar-refractivity contribution < 1.29 is 80.2 Å². The average Bonchev–Trinajstić information content (AvgIpc) is 3.42. The smallest absolute Gasteiger partial charge is 0.462 e. The van der Waals surface area contributed by atoms with Crippen LogP contribution < -0.4 is 0 Å². The number of rotatable bonds is 71. The van der Waals surface area contributed by atoms with Crippen molar-refractivity contribution >= 4 is 39.5 Å². The molecule has 0 amide bonds. The van der Waals surface area contributed by atoms with Gasteiger partial charge in [-0.1, -0.05) is 317 Å². The fourth-order valence-corrected chi connectivity index (χ4v) is 12.4. The lowest BCUT2D eigenvalue weighted by Crippen LogP contribution is -2.30. The highest BCUT2D eigenvalue weighted by atomic mass is 31.2. The molecule has 0 aliphatic carbocycles. The summed E-state index contributed by atoms with van der Waals surface area (Å²) in [4.78, 5) is 72.6. The van der Waals surface area contributed by atoms with Gasteiger partial charge in [0.1, 0.15) is 19.3 Å². The number of phosphoric ester groups is 2. The number of aliphatic hydroxyl groups is 1. The highest BCUT2D eigenvalue weighted by Crippen LogP contribution is 2.45. The van der Waals surface area contributed by atoms with Crippen LogP contribution in [0.1, 0.15) is 369 Å². The molecule has 2 unspecified atom stereocenters. The van der Waals surface area contributed by atoms with Crippen molar-refractivity contribution in [2.45, 2.75) is 387 Å². The molecule has 19 heteroatoms. The lowest BCUT2D eigenvalue weighted by atomic mass is 10.0. The summed E-state index contributed by atoms with van der Waals surface area (Å²) in [6.45, 7) is 7.22. The predicted octanol–water partition coefficient (Wildman–Crippen LogP) is 20.5. The molecule has 0 radical (unpaired) electrons. The maximum absolute atomic E-state index is 13.0. The first kappa shape index (κ1) is 88.1. The van der Waals surface area contributed by atoms with Gasteiger partial charge in [0.05, 0.1) is 26.4 Å². The maximum Gasteiger partial charge on any atom is 0.472 e. The number of hydrogen-bond acceptors (Lipinski definition) is 15. The van der Waals surface area contributed by atoms with E-state index in [2.05, 4.69) is 34.6 Å². The van der Waals surface area contributed by atoms with Crippen LogP contribution in [0.2, 0.25) is 0 Å². The van der Waals surface area contributed by atoms with Gasteiger partial charge < -0.3 is 33.8 Å². The number of unbranched alkanes of at least 4 members (excludes halogenated alkanes) is 43. The number of ether oxygens (including phenoxy) is 4. The summed E-state index contributed by atoms with van der Waals surface area (Å²) in [6, 6.07) is 0. The quantitative estimate of drug-likeness (QED) is 0.0222. The molecule has 0 rings (SSSR count). The van der Waals surface area contributed by atoms with Gasteiger partial charge in [-0.2, -0.15) is 0 Å². The van der Waals surface area contributed by atoms with Gasteiger partial charge in [-0.05, 0) is 31.6 Å². The molecule has 0 aromatic carbocycles. The molecule has 3 N–H and O–H groups in total. The van der Waals surface area contributed by atoms with Crippen molar-refractivity contribution in [2.75, 3.05) is 39.6 Å². The summed E-state index contributed by atoms with van der Waals surface area (Å²) in [5.74, 6) is -1.40. The monoisotopic (exact) mass is 1320 g/mol. The van der Waals surface area contributed by atoms with Crippen LogP contribution in [0.5, 0.6) is 0 Å². The van der Waals surface area contributed by atoms with Crippen LogP contribution in [0.3, 0.4) is 0 Å². The first-order valence-electron chi connectivity index (χ1n) is 37.1. The topological polar surface area (TPSA) is 237 Å². The molecule has 0 spiro atoms. The zero-order valence-corrected chi connectivity index (χ0v) is 60.1. The first-order chi connectivity index (χ1) is 43.5. The molecule has 0 aliphatic rings. The van der Waals surface area contributed by atoms with Gasteiger partial charge in [0, 0.05) is 25.7 Å². The Morgan fingerprint density at radius 2 is 0.511 bits per heavy atom. The molecule has 0 aliphatic heterocycles. The van der Waals surface area contributed by atoms with Crippen molar-refractivity contribution in [3.8, 4) is 0 Å². The van der Waals surface area contributed by atoms with Crippen LogP contribution in [0.15, 0.2) is 0 Å². The molecule has 0 saturated heterocycles. The second-order valence-corrected chi connectivity index (χ2v) is 29.0. The molecule has 17 nitrogen and oxygen atoms in total. The Kier molecular flexibility index (Phi) is 63.0. The third-order valence-corrected chi connectivity index (χ3v) is 18.4. The van der Waals surface area contributed by atoms with Gasteiger partial charge in [0.2, 0.25) is 0 Å². The van der Waals surface area contributed by atoms with E-state index in [9.17, 15) is 43.2 Å². The molecule has 0 heterocycles. The van der Waals surface area contributed by atoms with Crippen molar-refractivity contribution in [1.82, 2.24) is 0 Å². The zero-order valence-electron chi connectivity index (χ0n) is 58.3. The zero-order chi connectivity index (χ0) is 66.3. The summed E-state index contributed by atoms with van der Waals surface area (Å²) in [6.07, 6.45) is 51.2. The van der Waals surface area contributed by atoms with E-state index in [0.29, 0.717) is 25.7 Å². The summed E-state index contributed by atoms with van der Waals surface area (Å²) in [5.41, 5.74) is 0. The minimum Gasteiger partial charge on any atom is -0.462 e. The molecule has 0 aromatic rings. The van der Waals surface area contributed by atoms with Crippen LogP contribution in [-0.2, 0) is 65.4 Å². The van der Waals surface area contributed by atoms with Gasteiger partial charge in [-0.3, -0.25) is 37.3 Å². The van der Waals surface area contributed by atoms with Crippen LogP contribution in [-0.4, -0.2) is 96.7 Å². The lowest BCUT2D eigenvalue weighted by molar-refractivity contribution is -0.161. The van der Waals surface area contributed by atoms with Crippen LogP contribution in [0.25, 0.3) is 0 Å².